The van der Waals surface area contributed by atoms with Crippen LogP contribution >= 0.6 is 0 Å². The molecule has 0 amide bonds. The lowest BCUT2D eigenvalue weighted by atomic mass is 9.89. The van der Waals surface area contributed by atoms with Gasteiger partial charge in [0.25, 0.3) is 0 Å². The third-order valence-corrected chi connectivity index (χ3v) is 4.14. The zero-order valence-corrected chi connectivity index (χ0v) is 9.31. The van der Waals surface area contributed by atoms with Crippen molar-refractivity contribution in [2.45, 2.75) is 63.8 Å². The van der Waals surface area contributed by atoms with Gasteiger partial charge in [0.05, 0.1) is 5.84 Å². The van der Waals surface area contributed by atoms with Gasteiger partial charge in [0.1, 0.15) is 0 Å². The second-order valence-electron chi connectivity index (χ2n) is 4.84. The van der Waals surface area contributed by atoms with Gasteiger partial charge in [-0.25, -0.2) is 0 Å². The van der Waals surface area contributed by atoms with Gasteiger partial charge in [-0.3, -0.25) is 5.41 Å². The van der Waals surface area contributed by atoms with Crippen molar-refractivity contribution in [1.82, 2.24) is 4.90 Å². The van der Waals surface area contributed by atoms with Crippen LogP contribution in [0, 0.1) is 5.41 Å². The number of nitrogens with one attached hydrogen (secondary N) is 1. The van der Waals surface area contributed by atoms with Crippen molar-refractivity contribution in [2.24, 2.45) is 0 Å². The summed E-state index contributed by atoms with van der Waals surface area (Å²) in [5.41, 5.74) is 0.386. The van der Waals surface area contributed by atoms with Gasteiger partial charge in [-0.05, 0) is 32.1 Å². The zero-order chi connectivity index (χ0) is 10.0. The number of rotatable bonds is 2. The molecular weight excluding hydrogens is 172 g/mol. The number of amidine groups is 1. The Morgan fingerprint density at radius 1 is 1.21 bits per heavy atom. The average molecular weight is 194 g/mol. The summed E-state index contributed by atoms with van der Waals surface area (Å²) in [6.07, 6.45) is 10.2. The lowest BCUT2D eigenvalue weighted by Gasteiger charge is -2.45. The van der Waals surface area contributed by atoms with E-state index >= 15 is 0 Å². The standard InChI is InChI=1S/C12H22N2/c1-2-12(8-4-5-9-12)14-10-6-3-7-11(14)13/h13H,2-10H2,1H3. The summed E-state index contributed by atoms with van der Waals surface area (Å²) in [7, 11) is 0. The molecule has 0 aromatic carbocycles. The molecule has 1 N–H and O–H groups in total. The minimum absolute atomic E-state index is 0.386. The molecule has 1 aliphatic heterocycles. The van der Waals surface area contributed by atoms with Crippen molar-refractivity contribution in [3.8, 4) is 0 Å². The van der Waals surface area contributed by atoms with E-state index in [1.165, 1.54) is 44.9 Å². The predicted octanol–water partition coefficient (Wildman–Crippen LogP) is 3.17. The molecule has 1 saturated carbocycles. The zero-order valence-electron chi connectivity index (χ0n) is 9.31. The third kappa shape index (κ3) is 1.55. The van der Waals surface area contributed by atoms with Crippen LogP contribution in [0.25, 0.3) is 0 Å². The smallest absolute Gasteiger partial charge is 0.0962 e. The summed E-state index contributed by atoms with van der Waals surface area (Å²) in [6, 6.07) is 0. The van der Waals surface area contributed by atoms with Crippen molar-refractivity contribution in [3.63, 3.8) is 0 Å². The molecule has 1 heterocycles. The maximum Gasteiger partial charge on any atom is 0.0962 e. The van der Waals surface area contributed by atoms with Gasteiger partial charge in [-0.15, -0.1) is 0 Å². The molecular formula is C12H22N2. The van der Waals surface area contributed by atoms with Crippen LogP contribution in [0.4, 0.5) is 0 Å². The number of nitrogens with zero attached hydrogens (tertiary/aromatic N) is 1. The van der Waals surface area contributed by atoms with E-state index < -0.39 is 0 Å². The lowest BCUT2D eigenvalue weighted by molar-refractivity contribution is 0.153. The molecule has 0 unspecified atom stereocenters. The van der Waals surface area contributed by atoms with Crippen molar-refractivity contribution < 1.29 is 0 Å². The maximum atomic E-state index is 8.07. The Balaban J connectivity index is 2.13. The molecule has 0 radical (unpaired) electrons. The molecule has 0 aromatic heterocycles. The molecule has 0 aromatic rings. The van der Waals surface area contributed by atoms with Crippen molar-refractivity contribution in [2.75, 3.05) is 6.54 Å². The Kier molecular flexibility index (Phi) is 2.80. The molecule has 2 fully saturated rings. The highest BCUT2D eigenvalue weighted by Crippen LogP contribution is 2.39. The van der Waals surface area contributed by atoms with Gasteiger partial charge in [-0.1, -0.05) is 19.8 Å². The maximum absolute atomic E-state index is 8.07. The number of likely N-dealkylation sites (tertiary alicyclic amines) is 1. The highest BCUT2D eigenvalue weighted by Gasteiger charge is 2.39. The van der Waals surface area contributed by atoms with Crippen LogP contribution in [0.5, 0.6) is 0 Å². The van der Waals surface area contributed by atoms with Crippen molar-refractivity contribution in [3.05, 3.63) is 0 Å². The first kappa shape index (κ1) is 10.0. The van der Waals surface area contributed by atoms with Crippen LogP contribution in [0.1, 0.15) is 58.3 Å². The summed E-state index contributed by atoms with van der Waals surface area (Å²) in [5.74, 6) is 0.917. The summed E-state index contributed by atoms with van der Waals surface area (Å²) in [4.78, 5) is 2.43. The largest absolute Gasteiger partial charge is 0.355 e. The quantitative estimate of drug-likeness (QED) is 0.718. The molecule has 1 saturated heterocycles. The Hall–Kier alpha value is -0.530. The highest BCUT2D eigenvalue weighted by molar-refractivity contribution is 5.80. The molecule has 14 heavy (non-hydrogen) atoms. The topological polar surface area (TPSA) is 27.1 Å². The van der Waals surface area contributed by atoms with Gasteiger partial charge in [0.15, 0.2) is 0 Å². The fourth-order valence-electron chi connectivity index (χ4n) is 3.20. The minimum Gasteiger partial charge on any atom is -0.355 e. The van der Waals surface area contributed by atoms with Gasteiger partial charge >= 0.3 is 0 Å². The fraction of sp³-hybridized carbons (Fsp3) is 0.917. The van der Waals surface area contributed by atoms with E-state index in [0.717, 1.165) is 18.8 Å². The molecule has 2 nitrogen and oxygen atoms in total. The van der Waals surface area contributed by atoms with E-state index in [0.29, 0.717) is 5.54 Å². The number of piperidine rings is 1. The molecule has 2 heteroatoms. The molecule has 0 spiro atoms. The molecule has 2 aliphatic rings. The van der Waals surface area contributed by atoms with Crippen molar-refractivity contribution >= 4 is 5.84 Å². The Morgan fingerprint density at radius 3 is 2.50 bits per heavy atom. The van der Waals surface area contributed by atoms with E-state index in [2.05, 4.69) is 11.8 Å². The Labute approximate surface area is 87.2 Å². The molecule has 1 aliphatic carbocycles. The van der Waals surface area contributed by atoms with Crippen LogP contribution in [0.15, 0.2) is 0 Å². The van der Waals surface area contributed by atoms with Crippen LogP contribution in [-0.4, -0.2) is 22.8 Å². The molecule has 0 atom stereocenters. The fourth-order valence-corrected chi connectivity index (χ4v) is 3.20. The molecule has 80 valence electrons. The number of hydrogen-bond donors (Lipinski definition) is 1. The van der Waals surface area contributed by atoms with E-state index in [9.17, 15) is 0 Å². The second-order valence-corrected chi connectivity index (χ2v) is 4.84. The minimum atomic E-state index is 0.386. The Morgan fingerprint density at radius 2 is 1.93 bits per heavy atom. The lowest BCUT2D eigenvalue weighted by Crippen LogP contribution is -2.51. The third-order valence-electron chi connectivity index (χ3n) is 4.14. The monoisotopic (exact) mass is 194 g/mol. The SMILES string of the molecule is CCC1(N2CCCCC2=N)CCCC1. The first-order valence-corrected chi connectivity index (χ1v) is 6.13. The van der Waals surface area contributed by atoms with E-state index in [-0.39, 0.29) is 0 Å². The van der Waals surface area contributed by atoms with Crippen LogP contribution < -0.4 is 0 Å². The molecule has 0 bridgehead atoms. The average Bonchev–Trinajstić information content (AvgIpc) is 2.68. The van der Waals surface area contributed by atoms with Crippen molar-refractivity contribution in [1.29, 1.82) is 5.41 Å². The summed E-state index contributed by atoms with van der Waals surface area (Å²) < 4.78 is 0. The summed E-state index contributed by atoms with van der Waals surface area (Å²) in [5, 5.41) is 8.07. The first-order valence-electron chi connectivity index (χ1n) is 6.13. The summed E-state index contributed by atoms with van der Waals surface area (Å²) in [6.45, 7) is 3.44. The first-order chi connectivity index (χ1) is 6.78. The van der Waals surface area contributed by atoms with Gasteiger partial charge in [0, 0.05) is 18.5 Å². The summed E-state index contributed by atoms with van der Waals surface area (Å²) >= 11 is 0. The van der Waals surface area contributed by atoms with Gasteiger partial charge in [0.2, 0.25) is 0 Å². The van der Waals surface area contributed by atoms with E-state index in [4.69, 9.17) is 5.41 Å². The highest BCUT2D eigenvalue weighted by atomic mass is 15.2. The predicted molar refractivity (Wildman–Crippen MR) is 59.8 cm³/mol. The second kappa shape index (κ2) is 3.92. The van der Waals surface area contributed by atoms with Gasteiger partial charge < -0.3 is 4.90 Å². The Bertz CT molecular complexity index is 216. The van der Waals surface area contributed by atoms with Crippen LogP contribution in [0.2, 0.25) is 0 Å². The van der Waals surface area contributed by atoms with E-state index in [1.54, 1.807) is 0 Å². The normalized spacial score (nSPS) is 26.9. The van der Waals surface area contributed by atoms with Gasteiger partial charge in [-0.2, -0.15) is 0 Å². The van der Waals surface area contributed by atoms with Crippen LogP contribution in [0.3, 0.4) is 0 Å². The number of hydrogen-bond acceptors (Lipinski definition) is 1. The van der Waals surface area contributed by atoms with Crippen LogP contribution in [-0.2, 0) is 0 Å². The van der Waals surface area contributed by atoms with E-state index in [1.807, 2.05) is 0 Å². The molecule has 2 rings (SSSR count).